The van der Waals surface area contributed by atoms with Gasteiger partial charge in [0.05, 0.1) is 6.04 Å². The Kier molecular flexibility index (Phi) is 6.61. The Morgan fingerprint density at radius 2 is 2.06 bits per heavy atom. The van der Waals surface area contributed by atoms with Gasteiger partial charge in [-0.05, 0) is 21.6 Å². The first-order chi connectivity index (χ1) is 8.24. The fraction of sp³-hybridized carbons (Fsp3) is 0.250. The molecule has 0 spiro atoms. The summed E-state index contributed by atoms with van der Waals surface area (Å²) >= 11 is 2.35. The summed E-state index contributed by atoms with van der Waals surface area (Å²) in [5, 5.41) is 6.89. The molecule has 0 saturated carbocycles. The minimum atomic E-state index is -0.250. The van der Waals surface area contributed by atoms with Crippen LogP contribution in [0.2, 0.25) is 0 Å². The van der Waals surface area contributed by atoms with Gasteiger partial charge in [0.2, 0.25) is 0 Å². The number of hydrogen-bond donors (Lipinski definition) is 1. The van der Waals surface area contributed by atoms with Crippen molar-refractivity contribution in [2.75, 3.05) is 6.54 Å². The lowest BCUT2D eigenvalue weighted by atomic mass is 10.0. The molecule has 1 unspecified atom stereocenters. The predicted molar refractivity (Wildman–Crippen MR) is 79.9 cm³/mol. The molecule has 0 fully saturated rings. The van der Waals surface area contributed by atoms with Crippen LogP contribution in [-0.4, -0.2) is 22.4 Å². The third-order valence-corrected chi connectivity index (χ3v) is 4.57. The second kappa shape index (κ2) is 7.73. The summed E-state index contributed by atoms with van der Waals surface area (Å²) in [5.74, 6) is 0. The van der Waals surface area contributed by atoms with Crippen molar-refractivity contribution in [3.8, 4) is 0 Å². The van der Waals surface area contributed by atoms with E-state index in [1.807, 2.05) is 0 Å². The summed E-state index contributed by atoms with van der Waals surface area (Å²) in [5.41, 5.74) is 2.85. The second-order valence-corrected chi connectivity index (χ2v) is 5.32. The van der Waals surface area contributed by atoms with Gasteiger partial charge in [-0.2, -0.15) is 0 Å². The van der Waals surface area contributed by atoms with E-state index in [1.165, 1.54) is 11.1 Å². The zero-order chi connectivity index (χ0) is 12.7. The number of nitrogens with zero attached hydrogens (tertiary/aromatic N) is 1. The Morgan fingerprint density at radius 3 is 2.59 bits per heavy atom. The van der Waals surface area contributed by atoms with Gasteiger partial charge < -0.3 is 5.11 Å². The first kappa shape index (κ1) is 14.5. The number of hydrogen-bond acceptors (Lipinski definition) is 3. The SMILES string of the molecule is CC1=CCN(SI)C1c1ccccc1.O=CO. The third kappa shape index (κ3) is 4.01. The minimum absolute atomic E-state index is 0.250. The maximum absolute atomic E-state index is 8.36. The number of halogens is 1. The summed E-state index contributed by atoms with van der Waals surface area (Å²) in [6, 6.07) is 11.2. The van der Waals surface area contributed by atoms with Crippen LogP contribution >= 0.6 is 30.3 Å². The molecule has 0 aromatic heterocycles. The Bertz CT molecular complexity index is 383. The van der Waals surface area contributed by atoms with Crippen LogP contribution in [0.1, 0.15) is 18.5 Å². The number of rotatable bonds is 2. The lowest BCUT2D eigenvalue weighted by Gasteiger charge is -2.22. The molecule has 2 rings (SSSR count). The molecule has 1 aliphatic rings. The lowest BCUT2D eigenvalue weighted by Crippen LogP contribution is -2.15. The molecular formula is C12H14INO2S. The van der Waals surface area contributed by atoms with Crippen molar-refractivity contribution in [1.82, 2.24) is 4.31 Å². The molecule has 1 heterocycles. The monoisotopic (exact) mass is 363 g/mol. The van der Waals surface area contributed by atoms with Crippen molar-refractivity contribution in [3.63, 3.8) is 0 Å². The summed E-state index contributed by atoms with van der Waals surface area (Å²) in [7, 11) is 1.79. The van der Waals surface area contributed by atoms with Gasteiger partial charge in [-0.25, -0.2) is 4.31 Å². The van der Waals surface area contributed by atoms with Crippen molar-refractivity contribution >= 4 is 36.8 Å². The Hall–Kier alpha value is -0.530. The highest BCUT2D eigenvalue weighted by Gasteiger charge is 2.25. The summed E-state index contributed by atoms with van der Waals surface area (Å²) in [4.78, 5) is 8.36. The summed E-state index contributed by atoms with van der Waals surface area (Å²) < 4.78 is 2.39. The van der Waals surface area contributed by atoms with E-state index in [9.17, 15) is 0 Å². The molecule has 1 aromatic carbocycles. The van der Waals surface area contributed by atoms with E-state index in [1.54, 1.807) is 9.12 Å². The zero-order valence-electron chi connectivity index (χ0n) is 9.41. The van der Waals surface area contributed by atoms with E-state index in [2.05, 4.69) is 68.8 Å². The molecule has 3 nitrogen and oxygen atoms in total. The van der Waals surface area contributed by atoms with Crippen LogP contribution in [0.4, 0.5) is 0 Å². The van der Waals surface area contributed by atoms with Gasteiger partial charge >= 0.3 is 0 Å². The Morgan fingerprint density at radius 1 is 1.47 bits per heavy atom. The van der Waals surface area contributed by atoms with E-state index in [4.69, 9.17) is 9.90 Å². The number of benzene rings is 1. The highest BCUT2D eigenvalue weighted by atomic mass is 127. The first-order valence-electron chi connectivity index (χ1n) is 5.09. The highest BCUT2D eigenvalue weighted by molar-refractivity contribution is 14.2. The van der Waals surface area contributed by atoms with E-state index in [-0.39, 0.29) is 6.47 Å². The first-order valence-corrected chi connectivity index (χ1v) is 8.41. The van der Waals surface area contributed by atoms with Crippen LogP contribution in [-0.2, 0) is 4.79 Å². The van der Waals surface area contributed by atoms with Gasteiger partial charge in [0, 0.05) is 27.8 Å². The van der Waals surface area contributed by atoms with E-state index < -0.39 is 0 Å². The van der Waals surface area contributed by atoms with Crippen molar-refractivity contribution in [2.24, 2.45) is 0 Å². The van der Waals surface area contributed by atoms with Crippen molar-refractivity contribution in [2.45, 2.75) is 13.0 Å². The summed E-state index contributed by atoms with van der Waals surface area (Å²) in [6.45, 7) is 3.02. The quantitative estimate of drug-likeness (QED) is 0.377. The van der Waals surface area contributed by atoms with Crippen LogP contribution in [0, 0.1) is 0 Å². The standard InChI is InChI=1S/C11H12INS.CH2O2/c1-9-7-8-13(14-12)11(9)10-5-3-2-4-6-10;2-1-3/h2-7,11H,8H2,1H3;1H,(H,2,3). The molecule has 1 N–H and O–H groups in total. The lowest BCUT2D eigenvalue weighted by molar-refractivity contribution is -0.122. The maximum atomic E-state index is 8.36. The largest absolute Gasteiger partial charge is 0.483 e. The fourth-order valence-electron chi connectivity index (χ4n) is 1.81. The van der Waals surface area contributed by atoms with Gasteiger partial charge in [0.1, 0.15) is 0 Å². The van der Waals surface area contributed by atoms with Crippen LogP contribution in [0.25, 0.3) is 0 Å². The van der Waals surface area contributed by atoms with E-state index >= 15 is 0 Å². The van der Waals surface area contributed by atoms with Crippen LogP contribution in [0.3, 0.4) is 0 Å². The van der Waals surface area contributed by atoms with Gasteiger partial charge in [0.15, 0.2) is 0 Å². The highest BCUT2D eigenvalue weighted by Crippen LogP contribution is 2.39. The number of carbonyl (C=O) groups is 1. The van der Waals surface area contributed by atoms with Crippen molar-refractivity contribution < 1.29 is 9.90 Å². The molecule has 0 radical (unpaired) electrons. The molecule has 1 atom stereocenters. The molecule has 5 heteroatoms. The van der Waals surface area contributed by atoms with Gasteiger partial charge in [-0.1, -0.05) is 42.0 Å². The predicted octanol–water partition coefficient (Wildman–Crippen LogP) is 3.69. The van der Waals surface area contributed by atoms with Crippen molar-refractivity contribution in [3.05, 3.63) is 47.5 Å². The van der Waals surface area contributed by atoms with E-state index in [0.29, 0.717) is 6.04 Å². The number of carboxylic acid groups (broad SMARTS) is 1. The molecular weight excluding hydrogens is 349 g/mol. The van der Waals surface area contributed by atoms with Gasteiger partial charge in [-0.3, -0.25) is 4.79 Å². The minimum Gasteiger partial charge on any atom is -0.483 e. The van der Waals surface area contributed by atoms with Crippen LogP contribution < -0.4 is 0 Å². The Balaban J connectivity index is 0.000000437. The molecule has 0 saturated heterocycles. The average Bonchev–Trinajstić information content (AvgIpc) is 2.72. The summed E-state index contributed by atoms with van der Waals surface area (Å²) in [6.07, 6.45) is 2.31. The molecule has 0 aliphatic carbocycles. The van der Waals surface area contributed by atoms with Gasteiger partial charge in [0.25, 0.3) is 6.47 Å². The fourth-order valence-corrected chi connectivity index (χ4v) is 3.47. The molecule has 1 aliphatic heterocycles. The third-order valence-electron chi connectivity index (χ3n) is 2.52. The maximum Gasteiger partial charge on any atom is 0.290 e. The molecule has 17 heavy (non-hydrogen) atoms. The molecule has 1 aromatic rings. The topological polar surface area (TPSA) is 40.5 Å². The second-order valence-electron chi connectivity index (χ2n) is 3.54. The molecule has 0 bridgehead atoms. The van der Waals surface area contributed by atoms with Crippen molar-refractivity contribution in [1.29, 1.82) is 0 Å². The van der Waals surface area contributed by atoms with Crippen LogP contribution in [0.5, 0.6) is 0 Å². The van der Waals surface area contributed by atoms with Crippen LogP contribution in [0.15, 0.2) is 42.0 Å². The normalized spacial score (nSPS) is 19.2. The smallest absolute Gasteiger partial charge is 0.290 e. The Labute approximate surface area is 118 Å². The molecule has 0 amide bonds. The average molecular weight is 363 g/mol. The molecule has 92 valence electrons. The van der Waals surface area contributed by atoms with E-state index in [0.717, 1.165) is 6.54 Å². The zero-order valence-corrected chi connectivity index (χ0v) is 12.4. The van der Waals surface area contributed by atoms with Gasteiger partial charge in [-0.15, -0.1) is 0 Å².